The number of hydrogen-bond acceptors (Lipinski definition) is 3. The zero-order valence-electron chi connectivity index (χ0n) is 11.6. The maximum atomic E-state index is 12.7. The molecule has 102 valence electrons. The Hall–Kier alpha value is -1.64. The molecule has 3 heteroatoms. The van der Waals surface area contributed by atoms with Crippen molar-refractivity contribution in [2.45, 2.75) is 39.5 Å². The number of esters is 1. The Morgan fingerprint density at radius 3 is 2.74 bits per heavy atom. The minimum atomic E-state index is -0.959. The van der Waals surface area contributed by atoms with E-state index in [4.69, 9.17) is 4.74 Å². The number of rotatable bonds is 4. The molecule has 1 aliphatic rings. The molecule has 1 unspecified atom stereocenters. The summed E-state index contributed by atoms with van der Waals surface area (Å²) in [5, 5.41) is 0. The van der Waals surface area contributed by atoms with Gasteiger partial charge < -0.3 is 4.74 Å². The van der Waals surface area contributed by atoms with Gasteiger partial charge in [0.2, 0.25) is 0 Å². The van der Waals surface area contributed by atoms with Gasteiger partial charge in [-0.2, -0.15) is 0 Å². The lowest BCUT2D eigenvalue weighted by atomic mass is 9.68. The van der Waals surface area contributed by atoms with Gasteiger partial charge in [-0.15, -0.1) is 0 Å². The Balaban J connectivity index is 2.42. The number of carbonyl (C=O) groups excluding carboxylic acids is 2. The number of fused-ring (bicyclic) bond motifs is 1. The van der Waals surface area contributed by atoms with Crippen LogP contribution in [-0.2, 0) is 16.0 Å². The minimum absolute atomic E-state index is 0.0605. The number of Topliss-reactive ketones (excluding diaryl/α,β-unsaturated/α-hetero) is 1. The highest BCUT2D eigenvalue weighted by atomic mass is 16.5. The van der Waals surface area contributed by atoms with Crippen molar-refractivity contribution in [1.29, 1.82) is 0 Å². The van der Waals surface area contributed by atoms with Crippen LogP contribution in [0.15, 0.2) is 24.3 Å². The molecule has 0 amide bonds. The first-order chi connectivity index (χ1) is 9.15. The molecule has 0 saturated carbocycles. The van der Waals surface area contributed by atoms with Crippen LogP contribution in [-0.4, -0.2) is 18.4 Å². The van der Waals surface area contributed by atoms with Crippen LogP contribution in [0.4, 0.5) is 0 Å². The van der Waals surface area contributed by atoms with Gasteiger partial charge in [-0.05, 0) is 31.7 Å². The highest BCUT2D eigenvalue weighted by Crippen LogP contribution is 2.40. The number of carbonyl (C=O) groups is 2. The average Bonchev–Trinajstić information content (AvgIpc) is 2.43. The van der Waals surface area contributed by atoms with E-state index in [-0.39, 0.29) is 11.8 Å². The zero-order valence-corrected chi connectivity index (χ0v) is 11.6. The molecule has 0 radical (unpaired) electrons. The van der Waals surface area contributed by atoms with Gasteiger partial charge >= 0.3 is 5.97 Å². The predicted molar refractivity (Wildman–Crippen MR) is 73.1 cm³/mol. The Kier molecular flexibility index (Phi) is 4.03. The maximum Gasteiger partial charge on any atom is 0.320 e. The van der Waals surface area contributed by atoms with Crippen molar-refractivity contribution in [2.75, 3.05) is 6.61 Å². The van der Waals surface area contributed by atoms with Crippen LogP contribution in [0.2, 0.25) is 0 Å². The van der Waals surface area contributed by atoms with E-state index in [9.17, 15) is 9.59 Å². The third kappa shape index (κ3) is 2.29. The van der Waals surface area contributed by atoms with Gasteiger partial charge in [-0.1, -0.05) is 37.6 Å². The van der Waals surface area contributed by atoms with E-state index >= 15 is 0 Å². The molecule has 2 rings (SSSR count). The number of aryl methyl sites for hydroxylation is 1. The van der Waals surface area contributed by atoms with E-state index in [2.05, 4.69) is 0 Å². The maximum absolute atomic E-state index is 12.7. The summed E-state index contributed by atoms with van der Waals surface area (Å²) < 4.78 is 5.16. The molecule has 1 aromatic carbocycles. The second kappa shape index (κ2) is 5.55. The highest BCUT2D eigenvalue weighted by Gasteiger charge is 2.48. The summed E-state index contributed by atoms with van der Waals surface area (Å²) in [6.07, 6.45) is 2.70. The standard InChI is InChI=1S/C16H20O3/c1-3-10-16(15(18)19-4-2)11-9-12-7-5-6-8-13(12)14(16)17/h5-8H,3-4,9-11H2,1-2H3. The molecule has 0 aromatic heterocycles. The Bertz CT molecular complexity index is 493. The zero-order chi connectivity index (χ0) is 13.9. The third-order valence-corrected chi connectivity index (χ3v) is 3.86. The first kappa shape index (κ1) is 13.8. The third-order valence-electron chi connectivity index (χ3n) is 3.86. The largest absolute Gasteiger partial charge is 0.465 e. The molecule has 0 fully saturated rings. The summed E-state index contributed by atoms with van der Waals surface area (Å²) >= 11 is 0. The lowest BCUT2D eigenvalue weighted by Crippen LogP contribution is -2.44. The van der Waals surface area contributed by atoms with E-state index < -0.39 is 5.41 Å². The molecule has 19 heavy (non-hydrogen) atoms. The second-order valence-corrected chi connectivity index (χ2v) is 5.04. The minimum Gasteiger partial charge on any atom is -0.465 e. The SMILES string of the molecule is CCCC1(C(=O)OCC)CCc2ccccc2C1=O. The van der Waals surface area contributed by atoms with Crippen LogP contribution in [0, 0.1) is 5.41 Å². The van der Waals surface area contributed by atoms with E-state index in [1.165, 1.54) is 0 Å². The normalized spacial score (nSPS) is 21.9. The Morgan fingerprint density at radius 2 is 2.05 bits per heavy atom. The molecular weight excluding hydrogens is 240 g/mol. The van der Waals surface area contributed by atoms with Crippen LogP contribution >= 0.6 is 0 Å². The van der Waals surface area contributed by atoms with E-state index in [1.807, 2.05) is 31.2 Å². The highest BCUT2D eigenvalue weighted by molar-refractivity contribution is 6.14. The number of benzene rings is 1. The molecule has 0 aliphatic heterocycles. The van der Waals surface area contributed by atoms with Crippen molar-refractivity contribution in [3.8, 4) is 0 Å². The first-order valence-corrected chi connectivity index (χ1v) is 6.95. The number of hydrogen-bond donors (Lipinski definition) is 0. The molecule has 0 bridgehead atoms. The topological polar surface area (TPSA) is 43.4 Å². The molecule has 1 aliphatic carbocycles. The summed E-state index contributed by atoms with van der Waals surface area (Å²) in [5.41, 5.74) is 0.776. The Labute approximate surface area is 114 Å². The summed E-state index contributed by atoms with van der Waals surface area (Å²) in [6, 6.07) is 7.57. The van der Waals surface area contributed by atoms with Crippen LogP contribution in [0.25, 0.3) is 0 Å². The number of ketones is 1. The smallest absolute Gasteiger partial charge is 0.320 e. The summed E-state index contributed by atoms with van der Waals surface area (Å²) in [4.78, 5) is 25.0. The van der Waals surface area contributed by atoms with Crippen molar-refractivity contribution in [1.82, 2.24) is 0 Å². The summed E-state index contributed by atoms with van der Waals surface area (Å²) in [7, 11) is 0. The van der Waals surface area contributed by atoms with Gasteiger partial charge in [-0.3, -0.25) is 9.59 Å². The summed E-state index contributed by atoms with van der Waals surface area (Å²) in [6.45, 7) is 4.09. The van der Waals surface area contributed by atoms with Gasteiger partial charge in [0.1, 0.15) is 5.41 Å². The second-order valence-electron chi connectivity index (χ2n) is 5.04. The molecule has 0 heterocycles. The van der Waals surface area contributed by atoms with Crippen LogP contribution in [0.3, 0.4) is 0 Å². The molecule has 1 atom stereocenters. The quantitative estimate of drug-likeness (QED) is 0.617. The summed E-state index contributed by atoms with van der Waals surface area (Å²) in [5.74, 6) is -0.411. The number of ether oxygens (including phenoxy) is 1. The van der Waals surface area contributed by atoms with Gasteiger partial charge in [-0.25, -0.2) is 0 Å². The lowest BCUT2D eigenvalue weighted by molar-refractivity contribution is -0.153. The van der Waals surface area contributed by atoms with Crippen molar-refractivity contribution in [3.63, 3.8) is 0 Å². The fourth-order valence-corrected chi connectivity index (χ4v) is 2.91. The lowest BCUT2D eigenvalue weighted by Gasteiger charge is -2.34. The van der Waals surface area contributed by atoms with E-state index in [0.717, 1.165) is 18.4 Å². The van der Waals surface area contributed by atoms with Crippen molar-refractivity contribution in [2.24, 2.45) is 5.41 Å². The van der Waals surface area contributed by atoms with Crippen molar-refractivity contribution in [3.05, 3.63) is 35.4 Å². The van der Waals surface area contributed by atoms with E-state index in [1.54, 1.807) is 6.92 Å². The predicted octanol–water partition coefficient (Wildman–Crippen LogP) is 3.17. The fourth-order valence-electron chi connectivity index (χ4n) is 2.91. The molecule has 3 nitrogen and oxygen atoms in total. The first-order valence-electron chi connectivity index (χ1n) is 6.95. The molecular formula is C16H20O3. The van der Waals surface area contributed by atoms with Gasteiger partial charge in [0.25, 0.3) is 0 Å². The van der Waals surface area contributed by atoms with Crippen LogP contribution in [0.1, 0.15) is 49.0 Å². The van der Waals surface area contributed by atoms with Gasteiger partial charge in [0, 0.05) is 5.56 Å². The van der Waals surface area contributed by atoms with Crippen molar-refractivity contribution >= 4 is 11.8 Å². The molecule has 1 aromatic rings. The van der Waals surface area contributed by atoms with Crippen molar-refractivity contribution < 1.29 is 14.3 Å². The van der Waals surface area contributed by atoms with Crippen LogP contribution in [0.5, 0.6) is 0 Å². The average molecular weight is 260 g/mol. The fraction of sp³-hybridized carbons (Fsp3) is 0.500. The Morgan fingerprint density at radius 1 is 1.32 bits per heavy atom. The molecule has 0 spiro atoms. The van der Waals surface area contributed by atoms with E-state index in [0.29, 0.717) is 25.0 Å². The van der Waals surface area contributed by atoms with Gasteiger partial charge in [0.15, 0.2) is 5.78 Å². The monoisotopic (exact) mass is 260 g/mol. The molecule has 0 N–H and O–H groups in total. The molecule has 0 saturated heterocycles. The van der Waals surface area contributed by atoms with Gasteiger partial charge in [0.05, 0.1) is 6.61 Å². The van der Waals surface area contributed by atoms with Crippen LogP contribution < -0.4 is 0 Å².